The SMILES string of the molecule is CC(C)(C)c1ccc2c(c1)c1cc(C(C)(C)C)cc3c4ccc5c6cc(C(C)(C)C)cc7c8c9ccccc9oc8n(c67)c5c4n2c13. The van der Waals surface area contributed by atoms with Crippen LogP contribution in [0.25, 0.3) is 87.4 Å². The fourth-order valence-corrected chi connectivity index (χ4v) is 8.42. The van der Waals surface area contributed by atoms with Gasteiger partial charge in [-0.15, -0.1) is 0 Å². The number of fused-ring (bicyclic) bond motifs is 15. The van der Waals surface area contributed by atoms with Gasteiger partial charge in [-0.25, -0.2) is 0 Å². The van der Waals surface area contributed by atoms with Crippen LogP contribution in [0.2, 0.25) is 0 Å². The highest BCUT2D eigenvalue weighted by Gasteiger charge is 2.30. The van der Waals surface area contributed by atoms with E-state index in [0.29, 0.717) is 0 Å². The van der Waals surface area contributed by atoms with Crippen LogP contribution in [0.5, 0.6) is 0 Å². The summed E-state index contributed by atoms with van der Waals surface area (Å²) in [6, 6.07) is 30.2. The first-order valence-electron chi connectivity index (χ1n) is 17.0. The molecular weight excluding hydrogens is 572 g/mol. The predicted molar refractivity (Wildman–Crippen MR) is 202 cm³/mol. The molecule has 5 aromatic heterocycles. The second-order valence-corrected chi connectivity index (χ2v) is 17.1. The van der Waals surface area contributed by atoms with Crippen molar-refractivity contribution < 1.29 is 4.42 Å². The first-order chi connectivity index (χ1) is 22.2. The van der Waals surface area contributed by atoms with E-state index in [0.717, 1.165) is 11.3 Å². The van der Waals surface area contributed by atoms with Crippen LogP contribution >= 0.6 is 0 Å². The van der Waals surface area contributed by atoms with Crippen LogP contribution < -0.4 is 0 Å². The zero-order chi connectivity index (χ0) is 32.5. The number of hydrogen-bond acceptors (Lipinski definition) is 1. The fourth-order valence-electron chi connectivity index (χ4n) is 8.42. The molecule has 0 aliphatic carbocycles. The molecule has 3 nitrogen and oxygen atoms in total. The molecule has 0 N–H and O–H groups in total. The Morgan fingerprint density at radius 1 is 0.426 bits per heavy atom. The van der Waals surface area contributed by atoms with Crippen LogP contribution in [0.4, 0.5) is 0 Å². The van der Waals surface area contributed by atoms with E-state index in [1.807, 2.05) is 0 Å². The Hall–Kier alpha value is -4.76. The van der Waals surface area contributed by atoms with E-state index < -0.39 is 0 Å². The summed E-state index contributed by atoms with van der Waals surface area (Å²) >= 11 is 0. The lowest BCUT2D eigenvalue weighted by molar-refractivity contribution is 0.590. The molecule has 0 radical (unpaired) electrons. The average Bonchev–Trinajstić information content (AvgIpc) is 3.78. The second-order valence-electron chi connectivity index (χ2n) is 17.1. The maximum atomic E-state index is 6.82. The van der Waals surface area contributed by atoms with Gasteiger partial charge in [-0.05, 0) is 75.4 Å². The number of benzene rings is 5. The van der Waals surface area contributed by atoms with Crippen LogP contribution in [0.3, 0.4) is 0 Å². The van der Waals surface area contributed by atoms with Crippen molar-refractivity contribution in [2.45, 2.75) is 78.6 Å². The quantitative estimate of drug-likeness (QED) is 0.167. The largest absolute Gasteiger partial charge is 0.439 e. The van der Waals surface area contributed by atoms with Gasteiger partial charge < -0.3 is 8.82 Å². The fraction of sp³-hybridized carbons (Fsp3) is 0.273. The molecule has 10 aromatic rings. The van der Waals surface area contributed by atoms with E-state index in [1.165, 1.54) is 92.7 Å². The van der Waals surface area contributed by atoms with E-state index in [1.54, 1.807) is 0 Å². The summed E-state index contributed by atoms with van der Waals surface area (Å²) in [5, 5.41) is 11.6. The molecule has 0 fully saturated rings. The summed E-state index contributed by atoms with van der Waals surface area (Å²) in [4.78, 5) is 0. The molecule has 0 saturated heterocycles. The Morgan fingerprint density at radius 2 is 0.936 bits per heavy atom. The molecule has 0 spiro atoms. The van der Waals surface area contributed by atoms with Crippen LogP contribution in [0.1, 0.15) is 79.0 Å². The zero-order valence-electron chi connectivity index (χ0n) is 28.8. The molecule has 0 bridgehead atoms. The molecule has 0 aliphatic rings. The van der Waals surface area contributed by atoms with E-state index >= 15 is 0 Å². The summed E-state index contributed by atoms with van der Waals surface area (Å²) in [6.45, 7) is 20.9. The highest BCUT2D eigenvalue weighted by atomic mass is 16.3. The van der Waals surface area contributed by atoms with Crippen LogP contribution in [0.15, 0.2) is 83.3 Å². The Labute approximate surface area is 274 Å². The normalized spacial score (nSPS) is 14.1. The predicted octanol–water partition coefficient (Wildman–Crippen LogP) is 12.6. The molecule has 5 heterocycles. The first kappa shape index (κ1) is 27.4. The van der Waals surface area contributed by atoms with Gasteiger partial charge >= 0.3 is 0 Å². The molecular formula is C44H40N2O. The van der Waals surface area contributed by atoms with Gasteiger partial charge in [0, 0.05) is 43.1 Å². The van der Waals surface area contributed by atoms with Gasteiger partial charge in [0.2, 0.25) is 5.71 Å². The summed E-state index contributed by atoms with van der Waals surface area (Å²) in [5.41, 5.74) is 12.4. The lowest BCUT2D eigenvalue weighted by Gasteiger charge is -2.20. The zero-order valence-corrected chi connectivity index (χ0v) is 28.8. The maximum absolute atomic E-state index is 6.82. The number of nitrogens with zero attached hydrogens (tertiary/aromatic N) is 2. The second kappa shape index (κ2) is 8.20. The molecule has 0 unspecified atom stereocenters. The molecule has 0 saturated carbocycles. The lowest BCUT2D eigenvalue weighted by atomic mass is 9.84. The molecule has 0 amide bonds. The Morgan fingerprint density at radius 3 is 1.55 bits per heavy atom. The van der Waals surface area contributed by atoms with Gasteiger partial charge in [0.15, 0.2) is 0 Å². The van der Waals surface area contributed by atoms with Gasteiger partial charge in [-0.3, -0.25) is 4.40 Å². The Balaban J connectivity index is 1.52. The van der Waals surface area contributed by atoms with Crippen LogP contribution in [-0.2, 0) is 16.2 Å². The van der Waals surface area contributed by atoms with Crippen molar-refractivity contribution in [1.29, 1.82) is 0 Å². The Bertz CT molecular complexity index is 2940. The topological polar surface area (TPSA) is 22.0 Å². The molecule has 0 aliphatic heterocycles. The minimum atomic E-state index is 0.00524. The molecule has 5 aromatic carbocycles. The van der Waals surface area contributed by atoms with Crippen molar-refractivity contribution in [3.05, 3.63) is 95.6 Å². The number of aromatic nitrogens is 2. The minimum Gasteiger partial charge on any atom is -0.439 e. The Kier molecular flexibility index (Phi) is 4.77. The van der Waals surface area contributed by atoms with Crippen molar-refractivity contribution in [2.24, 2.45) is 0 Å². The van der Waals surface area contributed by atoms with E-state index in [2.05, 4.69) is 150 Å². The number of rotatable bonds is 0. The number of furan rings is 1. The first-order valence-corrected chi connectivity index (χ1v) is 17.0. The van der Waals surface area contributed by atoms with Crippen molar-refractivity contribution in [1.82, 2.24) is 8.80 Å². The molecule has 0 atom stereocenters. The highest BCUT2D eigenvalue weighted by molar-refractivity contribution is 6.33. The minimum absolute atomic E-state index is 0.00524. The summed E-state index contributed by atoms with van der Waals surface area (Å²) in [5.74, 6) is 0. The molecule has 10 rings (SSSR count). The summed E-state index contributed by atoms with van der Waals surface area (Å²) in [7, 11) is 0. The van der Waals surface area contributed by atoms with Crippen LogP contribution in [-0.4, -0.2) is 8.80 Å². The monoisotopic (exact) mass is 612 g/mol. The van der Waals surface area contributed by atoms with E-state index in [4.69, 9.17) is 4.42 Å². The van der Waals surface area contributed by atoms with Crippen molar-refractivity contribution in [3.8, 4) is 0 Å². The van der Waals surface area contributed by atoms with Gasteiger partial charge in [-0.1, -0.05) is 98.7 Å². The molecule has 47 heavy (non-hydrogen) atoms. The molecule has 3 heteroatoms. The van der Waals surface area contributed by atoms with Crippen molar-refractivity contribution in [3.63, 3.8) is 0 Å². The smallest absolute Gasteiger partial charge is 0.213 e. The number of hydrogen-bond donors (Lipinski definition) is 0. The summed E-state index contributed by atoms with van der Waals surface area (Å²) in [6.07, 6.45) is 0. The standard InChI is InChI=1S/C44H40N2O/c1-42(2,3)23-14-17-34-29(18-23)32-21-24(43(4,5)6)19-30-26-15-16-27-31-20-25(44(7,8)9)22-33-36-28-12-10-11-13-35(28)47-41(36)46(38(31)33)40(27)39(26)45(34)37(30)32/h10-22H,1-9H3. The number of para-hydroxylation sites is 1. The van der Waals surface area contributed by atoms with Crippen molar-refractivity contribution in [2.75, 3.05) is 0 Å². The van der Waals surface area contributed by atoms with Crippen LogP contribution in [0, 0.1) is 0 Å². The van der Waals surface area contributed by atoms with Gasteiger partial charge in [0.25, 0.3) is 0 Å². The molecule has 232 valence electrons. The third kappa shape index (κ3) is 3.32. The lowest BCUT2D eigenvalue weighted by Crippen LogP contribution is -2.11. The van der Waals surface area contributed by atoms with Gasteiger partial charge in [-0.2, -0.15) is 0 Å². The maximum Gasteiger partial charge on any atom is 0.213 e. The van der Waals surface area contributed by atoms with E-state index in [9.17, 15) is 0 Å². The van der Waals surface area contributed by atoms with Crippen molar-refractivity contribution >= 4 is 87.4 Å². The third-order valence-electron chi connectivity index (χ3n) is 11.0. The third-order valence-corrected chi connectivity index (χ3v) is 11.0. The highest BCUT2D eigenvalue weighted by Crippen LogP contribution is 2.49. The summed E-state index contributed by atoms with van der Waals surface area (Å²) < 4.78 is 11.9. The van der Waals surface area contributed by atoms with Gasteiger partial charge in [0.05, 0.1) is 33.0 Å². The average molecular weight is 613 g/mol. The van der Waals surface area contributed by atoms with E-state index in [-0.39, 0.29) is 16.2 Å². The van der Waals surface area contributed by atoms with Gasteiger partial charge in [0.1, 0.15) is 5.58 Å².